The first kappa shape index (κ1) is 27.4. The van der Waals surface area contributed by atoms with Gasteiger partial charge in [-0.25, -0.2) is 0 Å². The Morgan fingerprint density at radius 1 is 1.00 bits per heavy atom. The Morgan fingerprint density at radius 2 is 1.72 bits per heavy atom. The van der Waals surface area contributed by atoms with E-state index in [9.17, 15) is 22.8 Å². The fraction of sp³-hybridized carbons (Fsp3) is 0.207. The number of aromatic nitrogens is 2. The Labute approximate surface area is 222 Å². The zero-order valence-corrected chi connectivity index (χ0v) is 21.0. The van der Waals surface area contributed by atoms with Crippen molar-refractivity contribution in [2.24, 2.45) is 7.05 Å². The third kappa shape index (κ3) is 7.47. The van der Waals surface area contributed by atoms with Gasteiger partial charge in [-0.1, -0.05) is 48.5 Å². The standard InChI is InChI=1S/C29H26F3N3O4/c1-35-26(13-16-34-35)25(17-19-5-7-21(8-6-19)28(38)33-15-14-27(36)37)23-4-2-3-22(18-23)20-9-11-24(12-10-20)39-29(30,31)32/h2-13,16,18,25H,14-15,17H2,1H3,(H,33,38)(H,36,37). The molecule has 1 aromatic heterocycles. The van der Waals surface area contributed by atoms with Crippen LogP contribution in [0.15, 0.2) is 85.1 Å². The van der Waals surface area contributed by atoms with Crippen LogP contribution in [0.4, 0.5) is 13.2 Å². The zero-order valence-electron chi connectivity index (χ0n) is 21.0. The van der Waals surface area contributed by atoms with Crippen LogP contribution in [0, 0.1) is 0 Å². The maximum Gasteiger partial charge on any atom is 0.573 e. The van der Waals surface area contributed by atoms with Gasteiger partial charge < -0.3 is 15.2 Å². The summed E-state index contributed by atoms with van der Waals surface area (Å²) >= 11 is 0. The van der Waals surface area contributed by atoms with E-state index in [2.05, 4.69) is 15.2 Å². The topological polar surface area (TPSA) is 93.5 Å². The van der Waals surface area contributed by atoms with Crippen LogP contribution in [-0.4, -0.2) is 39.7 Å². The predicted octanol–water partition coefficient (Wildman–Crippen LogP) is 5.56. The summed E-state index contributed by atoms with van der Waals surface area (Å²) in [5, 5.41) is 15.6. The van der Waals surface area contributed by atoms with Gasteiger partial charge in [0, 0.05) is 37.0 Å². The minimum Gasteiger partial charge on any atom is -0.481 e. The Balaban J connectivity index is 1.56. The van der Waals surface area contributed by atoms with E-state index in [4.69, 9.17) is 5.11 Å². The van der Waals surface area contributed by atoms with Gasteiger partial charge in [-0.3, -0.25) is 14.3 Å². The zero-order chi connectivity index (χ0) is 28.0. The molecule has 0 bridgehead atoms. The average molecular weight is 538 g/mol. The highest BCUT2D eigenvalue weighted by atomic mass is 19.4. The number of carboxylic acids is 1. The molecule has 4 aromatic rings. The number of nitrogens with zero attached hydrogens (tertiary/aromatic N) is 2. The summed E-state index contributed by atoms with van der Waals surface area (Å²) < 4.78 is 43.3. The lowest BCUT2D eigenvalue weighted by Crippen LogP contribution is -2.25. The normalized spacial score (nSPS) is 12.1. The molecule has 4 rings (SSSR count). The summed E-state index contributed by atoms with van der Waals surface area (Å²) in [6, 6.07) is 22.6. The first-order chi connectivity index (χ1) is 18.6. The molecule has 0 saturated carbocycles. The number of amides is 1. The van der Waals surface area contributed by atoms with Gasteiger partial charge in [0.15, 0.2) is 0 Å². The van der Waals surface area contributed by atoms with Gasteiger partial charge in [0.2, 0.25) is 0 Å². The minimum absolute atomic E-state index is 0.0485. The molecule has 10 heteroatoms. The molecule has 2 N–H and O–H groups in total. The molecule has 1 amide bonds. The number of halogens is 3. The van der Waals surface area contributed by atoms with Crippen LogP contribution in [-0.2, 0) is 18.3 Å². The third-order valence-corrected chi connectivity index (χ3v) is 6.21. The number of aliphatic carboxylic acids is 1. The van der Waals surface area contributed by atoms with Crippen molar-refractivity contribution in [3.8, 4) is 16.9 Å². The molecule has 1 atom stereocenters. The number of nitrogens with one attached hydrogen (secondary N) is 1. The molecule has 39 heavy (non-hydrogen) atoms. The molecule has 0 aliphatic carbocycles. The number of ether oxygens (including phenoxy) is 1. The lowest BCUT2D eigenvalue weighted by Gasteiger charge is -2.19. The van der Waals surface area contributed by atoms with Crippen LogP contribution in [0.25, 0.3) is 11.1 Å². The van der Waals surface area contributed by atoms with E-state index < -0.39 is 12.3 Å². The number of rotatable bonds is 10. The van der Waals surface area contributed by atoms with Crippen LogP contribution in [0.3, 0.4) is 0 Å². The highest BCUT2D eigenvalue weighted by Gasteiger charge is 2.31. The number of aryl methyl sites for hydroxylation is 1. The monoisotopic (exact) mass is 537 g/mol. The van der Waals surface area contributed by atoms with Crippen LogP contribution >= 0.6 is 0 Å². The van der Waals surface area contributed by atoms with E-state index in [1.54, 1.807) is 35.1 Å². The Hall–Kier alpha value is -4.60. The molecule has 7 nitrogen and oxygen atoms in total. The lowest BCUT2D eigenvalue weighted by atomic mass is 9.87. The Kier molecular flexibility index (Phi) is 8.33. The van der Waals surface area contributed by atoms with Crippen LogP contribution < -0.4 is 10.1 Å². The van der Waals surface area contributed by atoms with Gasteiger partial charge in [0.25, 0.3) is 5.91 Å². The van der Waals surface area contributed by atoms with E-state index >= 15 is 0 Å². The molecule has 202 valence electrons. The van der Waals surface area contributed by atoms with E-state index in [0.29, 0.717) is 12.0 Å². The first-order valence-electron chi connectivity index (χ1n) is 12.1. The Morgan fingerprint density at radius 3 is 2.33 bits per heavy atom. The maximum atomic E-state index is 12.5. The van der Waals surface area contributed by atoms with Gasteiger partial charge >= 0.3 is 12.3 Å². The van der Waals surface area contributed by atoms with Crippen molar-refractivity contribution >= 4 is 11.9 Å². The molecule has 1 unspecified atom stereocenters. The lowest BCUT2D eigenvalue weighted by molar-refractivity contribution is -0.274. The molecule has 3 aromatic carbocycles. The number of carboxylic acid groups (broad SMARTS) is 1. The quantitative estimate of drug-likeness (QED) is 0.276. The number of benzene rings is 3. The number of hydrogen-bond donors (Lipinski definition) is 2. The van der Waals surface area contributed by atoms with Gasteiger partial charge in [-0.2, -0.15) is 5.10 Å². The molecule has 0 aliphatic heterocycles. The van der Waals surface area contributed by atoms with Crippen molar-refractivity contribution in [3.05, 3.63) is 107 Å². The molecule has 0 radical (unpaired) electrons. The van der Waals surface area contributed by atoms with Gasteiger partial charge in [-0.05, 0) is 59.0 Å². The summed E-state index contributed by atoms with van der Waals surface area (Å²) in [7, 11) is 1.86. The second-order valence-corrected chi connectivity index (χ2v) is 8.93. The molecular formula is C29H26F3N3O4. The highest BCUT2D eigenvalue weighted by molar-refractivity contribution is 5.94. The molecule has 0 saturated heterocycles. The summed E-state index contributed by atoms with van der Waals surface area (Å²) in [6.45, 7) is 0.0485. The second kappa shape index (κ2) is 11.8. The summed E-state index contributed by atoms with van der Waals surface area (Å²) in [5.74, 6) is -1.71. The van der Waals surface area contributed by atoms with Gasteiger partial charge in [-0.15, -0.1) is 13.2 Å². The second-order valence-electron chi connectivity index (χ2n) is 8.93. The van der Waals surface area contributed by atoms with Crippen molar-refractivity contribution in [2.75, 3.05) is 6.54 Å². The van der Waals surface area contributed by atoms with E-state index in [-0.39, 0.29) is 30.5 Å². The fourth-order valence-electron chi connectivity index (χ4n) is 4.32. The maximum absolute atomic E-state index is 12.5. The summed E-state index contributed by atoms with van der Waals surface area (Å²) in [5.41, 5.74) is 4.95. The number of carbonyl (C=O) groups excluding carboxylic acids is 1. The molecular weight excluding hydrogens is 511 g/mol. The molecule has 0 aliphatic rings. The van der Waals surface area contributed by atoms with Crippen molar-refractivity contribution in [1.82, 2.24) is 15.1 Å². The van der Waals surface area contributed by atoms with Gasteiger partial charge in [0.1, 0.15) is 5.75 Å². The minimum atomic E-state index is -4.75. The van der Waals surface area contributed by atoms with E-state index in [1.165, 1.54) is 12.1 Å². The van der Waals surface area contributed by atoms with E-state index in [0.717, 1.165) is 27.9 Å². The van der Waals surface area contributed by atoms with Crippen LogP contribution in [0.5, 0.6) is 5.75 Å². The predicted molar refractivity (Wildman–Crippen MR) is 138 cm³/mol. The van der Waals surface area contributed by atoms with Crippen molar-refractivity contribution < 1.29 is 32.6 Å². The SMILES string of the molecule is Cn1nccc1C(Cc1ccc(C(=O)NCCC(=O)O)cc1)c1cccc(-c2ccc(OC(F)(F)F)cc2)c1. The van der Waals surface area contributed by atoms with Crippen molar-refractivity contribution in [3.63, 3.8) is 0 Å². The summed E-state index contributed by atoms with van der Waals surface area (Å²) in [4.78, 5) is 23.0. The molecule has 1 heterocycles. The molecule has 0 fully saturated rings. The number of carbonyl (C=O) groups is 2. The van der Waals surface area contributed by atoms with Crippen LogP contribution in [0.2, 0.25) is 0 Å². The average Bonchev–Trinajstić information content (AvgIpc) is 3.32. The smallest absolute Gasteiger partial charge is 0.481 e. The fourth-order valence-corrected chi connectivity index (χ4v) is 4.32. The van der Waals surface area contributed by atoms with Gasteiger partial charge in [0.05, 0.1) is 6.42 Å². The number of alkyl halides is 3. The van der Waals surface area contributed by atoms with Crippen molar-refractivity contribution in [2.45, 2.75) is 25.1 Å². The first-order valence-corrected chi connectivity index (χ1v) is 12.1. The third-order valence-electron chi connectivity index (χ3n) is 6.21. The largest absolute Gasteiger partial charge is 0.573 e. The number of hydrogen-bond acceptors (Lipinski definition) is 4. The highest BCUT2D eigenvalue weighted by Crippen LogP contribution is 2.32. The van der Waals surface area contributed by atoms with E-state index in [1.807, 2.05) is 49.5 Å². The Bertz CT molecular complexity index is 1430. The van der Waals surface area contributed by atoms with Crippen LogP contribution in [0.1, 0.15) is 39.5 Å². The van der Waals surface area contributed by atoms with Crippen molar-refractivity contribution in [1.29, 1.82) is 0 Å². The molecule has 0 spiro atoms. The summed E-state index contributed by atoms with van der Waals surface area (Å²) in [6.07, 6.45) is -2.58.